The third kappa shape index (κ3) is 2.76. The van der Waals surface area contributed by atoms with Crippen LogP contribution in [0, 0.1) is 0 Å². The van der Waals surface area contributed by atoms with Gasteiger partial charge in [0.1, 0.15) is 5.75 Å². The van der Waals surface area contributed by atoms with E-state index in [4.69, 9.17) is 4.74 Å². The number of nitrogens with one attached hydrogen (secondary N) is 1. The van der Waals surface area contributed by atoms with Crippen LogP contribution >= 0.6 is 0 Å². The lowest BCUT2D eigenvalue weighted by Crippen LogP contribution is -2.12. The molecule has 0 saturated heterocycles. The number of ketones is 2. The zero-order valence-corrected chi connectivity index (χ0v) is 12.1. The van der Waals surface area contributed by atoms with E-state index in [-0.39, 0.29) is 18.0 Å². The topological polar surface area (TPSA) is 55.4 Å². The lowest BCUT2D eigenvalue weighted by Gasteiger charge is -2.12. The molecular formula is C18H15NO3. The molecule has 0 atom stereocenters. The van der Waals surface area contributed by atoms with Gasteiger partial charge in [-0.25, -0.2) is 0 Å². The summed E-state index contributed by atoms with van der Waals surface area (Å²) < 4.78 is 5.18. The van der Waals surface area contributed by atoms with Crippen LogP contribution in [0.1, 0.15) is 15.9 Å². The summed E-state index contributed by atoms with van der Waals surface area (Å²) in [6, 6.07) is 14.3. The SMILES string of the molecule is COc1ccc2c(c1)CC(=O)C=C(C(=O)c1ccccc1)N2. The van der Waals surface area contributed by atoms with Gasteiger partial charge in [-0.3, -0.25) is 9.59 Å². The van der Waals surface area contributed by atoms with Gasteiger partial charge in [-0.15, -0.1) is 0 Å². The Balaban J connectivity index is 1.96. The lowest BCUT2D eigenvalue weighted by atomic mass is 10.1. The van der Waals surface area contributed by atoms with Crippen molar-refractivity contribution in [1.82, 2.24) is 0 Å². The van der Waals surface area contributed by atoms with Crippen LogP contribution in [-0.2, 0) is 11.2 Å². The first-order valence-corrected chi connectivity index (χ1v) is 6.95. The average Bonchev–Trinajstić information content (AvgIpc) is 2.72. The van der Waals surface area contributed by atoms with Crippen molar-refractivity contribution in [3.05, 3.63) is 71.4 Å². The summed E-state index contributed by atoms with van der Waals surface area (Å²) in [5.41, 5.74) is 2.41. The standard InChI is InChI=1S/C18H15NO3/c1-22-15-7-8-16-13(10-15)9-14(20)11-17(19-16)18(21)12-5-3-2-4-6-12/h2-8,10-11,19H,9H2,1H3. The Kier molecular flexibility index (Phi) is 3.74. The van der Waals surface area contributed by atoms with E-state index < -0.39 is 0 Å². The quantitative estimate of drug-likeness (QED) is 0.884. The Morgan fingerprint density at radius 3 is 2.64 bits per heavy atom. The van der Waals surface area contributed by atoms with E-state index in [1.807, 2.05) is 18.2 Å². The van der Waals surface area contributed by atoms with Crippen LogP contribution in [0.5, 0.6) is 5.75 Å². The van der Waals surface area contributed by atoms with Crippen LogP contribution < -0.4 is 10.1 Å². The first-order valence-electron chi connectivity index (χ1n) is 6.95. The lowest BCUT2D eigenvalue weighted by molar-refractivity contribution is -0.114. The van der Waals surface area contributed by atoms with E-state index in [0.717, 1.165) is 11.3 Å². The third-order valence-electron chi connectivity index (χ3n) is 3.53. The highest BCUT2D eigenvalue weighted by Gasteiger charge is 2.20. The molecule has 1 heterocycles. The van der Waals surface area contributed by atoms with Gasteiger partial charge < -0.3 is 10.1 Å². The molecule has 0 aliphatic carbocycles. The van der Waals surface area contributed by atoms with Gasteiger partial charge in [0.15, 0.2) is 5.78 Å². The van der Waals surface area contributed by atoms with Crippen LogP contribution in [-0.4, -0.2) is 18.7 Å². The molecule has 22 heavy (non-hydrogen) atoms. The van der Waals surface area contributed by atoms with Gasteiger partial charge in [-0.1, -0.05) is 30.3 Å². The maximum Gasteiger partial charge on any atom is 0.209 e. The van der Waals surface area contributed by atoms with Crippen LogP contribution in [0.3, 0.4) is 0 Å². The molecule has 0 fully saturated rings. The minimum Gasteiger partial charge on any atom is -0.497 e. The van der Waals surface area contributed by atoms with E-state index in [9.17, 15) is 9.59 Å². The minimum absolute atomic E-state index is 0.112. The van der Waals surface area contributed by atoms with Gasteiger partial charge in [-0.05, 0) is 23.8 Å². The van der Waals surface area contributed by atoms with Crippen LogP contribution in [0.15, 0.2) is 60.3 Å². The molecular weight excluding hydrogens is 278 g/mol. The first kappa shape index (κ1) is 14.1. The zero-order chi connectivity index (χ0) is 15.5. The predicted octanol–water partition coefficient (Wildman–Crippen LogP) is 3.00. The van der Waals surface area contributed by atoms with Crippen molar-refractivity contribution in [3.63, 3.8) is 0 Å². The van der Waals surface area contributed by atoms with Gasteiger partial charge in [0.05, 0.1) is 12.8 Å². The molecule has 0 bridgehead atoms. The summed E-state index contributed by atoms with van der Waals surface area (Å²) in [6.07, 6.45) is 1.62. The number of hydrogen-bond acceptors (Lipinski definition) is 4. The molecule has 4 heteroatoms. The fourth-order valence-electron chi connectivity index (χ4n) is 2.41. The molecule has 2 aromatic carbocycles. The number of carbonyl (C=O) groups is 2. The summed E-state index contributed by atoms with van der Waals surface area (Å²) in [6.45, 7) is 0. The maximum atomic E-state index is 12.5. The Morgan fingerprint density at radius 1 is 1.14 bits per heavy atom. The summed E-state index contributed by atoms with van der Waals surface area (Å²) in [5, 5.41) is 3.07. The summed E-state index contributed by atoms with van der Waals surface area (Å²) >= 11 is 0. The van der Waals surface area contributed by atoms with E-state index in [0.29, 0.717) is 17.0 Å². The number of allylic oxidation sites excluding steroid dienone is 2. The summed E-state index contributed by atoms with van der Waals surface area (Å²) in [7, 11) is 1.58. The summed E-state index contributed by atoms with van der Waals surface area (Å²) in [5.74, 6) is 0.377. The van der Waals surface area contributed by atoms with Crippen molar-refractivity contribution in [2.75, 3.05) is 12.4 Å². The number of Topliss-reactive ketones (excluding diaryl/α,β-unsaturated/α-hetero) is 1. The second kappa shape index (κ2) is 5.85. The highest BCUT2D eigenvalue weighted by Crippen LogP contribution is 2.27. The van der Waals surface area contributed by atoms with Crippen LogP contribution in [0.4, 0.5) is 5.69 Å². The van der Waals surface area contributed by atoms with Gasteiger partial charge in [0.2, 0.25) is 5.78 Å². The number of anilines is 1. The largest absolute Gasteiger partial charge is 0.497 e. The molecule has 0 saturated carbocycles. The first-order chi connectivity index (χ1) is 10.7. The Morgan fingerprint density at radius 2 is 1.91 bits per heavy atom. The van der Waals surface area contributed by atoms with Crippen molar-refractivity contribution in [2.45, 2.75) is 6.42 Å². The second-order valence-corrected chi connectivity index (χ2v) is 5.04. The Bertz CT molecular complexity index is 763. The van der Waals surface area contributed by atoms with E-state index in [2.05, 4.69) is 5.32 Å². The van der Waals surface area contributed by atoms with Crippen molar-refractivity contribution in [2.24, 2.45) is 0 Å². The Labute approximate surface area is 128 Å². The molecule has 0 amide bonds. The highest BCUT2D eigenvalue weighted by atomic mass is 16.5. The number of ether oxygens (including phenoxy) is 1. The smallest absolute Gasteiger partial charge is 0.209 e. The third-order valence-corrected chi connectivity index (χ3v) is 3.53. The van der Waals surface area contributed by atoms with Gasteiger partial charge in [0.25, 0.3) is 0 Å². The molecule has 0 radical (unpaired) electrons. The minimum atomic E-state index is -0.197. The average molecular weight is 293 g/mol. The molecule has 0 spiro atoms. The number of benzene rings is 2. The molecule has 110 valence electrons. The molecule has 3 rings (SSSR count). The normalized spacial score (nSPS) is 13.5. The van der Waals surface area contributed by atoms with Crippen LogP contribution in [0.25, 0.3) is 0 Å². The van der Waals surface area contributed by atoms with Crippen molar-refractivity contribution in [3.8, 4) is 5.75 Å². The fourth-order valence-corrected chi connectivity index (χ4v) is 2.41. The fraction of sp³-hybridized carbons (Fsp3) is 0.111. The Hall–Kier alpha value is -2.88. The van der Waals surface area contributed by atoms with Gasteiger partial charge in [0, 0.05) is 23.7 Å². The number of carbonyl (C=O) groups excluding carboxylic acids is 2. The van der Waals surface area contributed by atoms with E-state index in [1.165, 1.54) is 6.08 Å². The molecule has 1 aliphatic rings. The molecule has 2 aromatic rings. The molecule has 0 unspecified atom stereocenters. The zero-order valence-electron chi connectivity index (χ0n) is 12.1. The van der Waals surface area contributed by atoms with E-state index in [1.54, 1.807) is 37.4 Å². The maximum absolute atomic E-state index is 12.5. The molecule has 0 aromatic heterocycles. The predicted molar refractivity (Wildman–Crippen MR) is 84.2 cm³/mol. The molecule has 1 N–H and O–H groups in total. The molecule has 4 nitrogen and oxygen atoms in total. The van der Waals surface area contributed by atoms with Gasteiger partial charge in [-0.2, -0.15) is 0 Å². The van der Waals surface area contributed by atoms with E-state index >= 15 is 0 Å². The number of methoxy groups -OCH3 is 1. The second-order valence-electron chi connectivity index (χ2n) is 5.04. The monoisotopic (exact) mass is 293 g/mol. The summed E-state index contributed by atoms with van der Waals surface area (Å²) in [4.78, 5) is 24.6. The van der Waals surface area contributed by atoms with Gasteiger partial charge >= 0.3 is 0 Å². The highest BCUT2D eigenvalue weighted by molar-refractivity contribution is 6.14. The number of rotatable bonds is 3. The van der Waals surface area contributed by atoms with Crippen molar-refractivity contribution in [1.29, 1.82) is 0 Å². The molecule has 1 aliphatic heterocycles. The van der Waals surface area contributed by atoms with Crippen molar-refractivity contribution >= 4 is 17.3 Å². The number of fused-ring (bicyclic) bond motifs is 1. The number of hydrogen-bond donors (Lipinski definition) is 1. The van der Waals surface area contributed by atoms with Crippen LogP contribution in [0.2, 0.25) is 0 Å². The van der Waals surface area contributed by atoms with Crippen molar-refractivity contribution < 1.29 is 14.3 Å².